The van der Waals surface area contributed by atoms with Gasteiger partial charge in [-0.05, 0) is 30.5 Å². The minimum atomic E-state index is -0.00310. The number of nitrogens with one attached hydrogen (secondary N) is 1. The molecule has 1 aromatic carbocycles. The SMILES string of the molecule is COCCCNC(=O)Cc1ccc(C)cc1N. The lowest BCUT2D eigenvalue weighted by Gasteiger charge is -2.07. The Morgan fingerprint density at radius 1 is 1.47 bits per heavy atom. The molecule has 0 saturated heterocycles. The van der Waals surface area contributed by atoms with Crippen molar-refractivity contribution < 1.29 is 9.53 Å². The normalized spacial score (nSPS) is 10.2. The van der Waals surface area contributed by atoms with Crippen LogP contribution in [0.5, 0.6) is 0 Å². The van der Waals surface area contributed by atoms with Crippen LogP contribution in [-0.4, -0.2) is 26.2 Å². The van der Waals surface area contributed by atoms with Gasteiger partial charge in [-0.15, -0.1) is 0 Å². The summed E-state index contributed by atoms with van der Waals surface area (Å²) in [6, 6.07) is 5.75. The number of nitrogens with two attached hydrogens (primary N) is 1. The molecular weight excluding hydrogens is 216 g/mol. The van der Waals surface area contributed by atoms with Crippen LogP contribution in [-0.2, 0) is 16.0 Å². The van der Waals surface area contributed by atoms with Crippen LogP contribution in [0.15, 0.2) is 18.2 Å². The zero-order valence-corrected chi connectivity index (χ0v) is 10.5. The highest BCUT2D eigenvalue weighted by Crippen LogP contribution is 2.14. The van der Waals surface area contributed by atoms with Gasteiger partial charge in [0.2, 0.25) is 5.91 Å². The number of carbonyl (C=O) groups is 1. The lowest BCUT2D eigenvalue weighted by molar-refractivity contribution is -0.120. The van der Waals surface area contributed by atoms with Gasteiger partial charge in [0.15, 0.2) is 0 Å². The molecule has 94 valence electrons. The van der Waals surface area contributed by atoms with E-state index in [9.17, 15) is 4.79 Å². The Labute approximate surface area is 102 Å². The standard InChI is InChI=1S/C13H20N2O2/c1-10-4-5-11(12(14)8-10)9-13(16)15-6-3-7-17-2/h4-5,8H,3,6-7,9,14H2,1-2H3,(H,15,16). The molecule has 0 aromatic heterocycles. The fourth-order valence-electron chi connectivity index (χ4n) is 1.56. The number of hydrogen-bond donors (Lipinski definition) is 2. The highest BCUT2D eigenvalue weighted by atomic mass is 16.5. The molecule has 4 heteroatoms. The fraction of sp³-hybridized carbons (Fsp3) is 0.462. The summed E-state index contributed by atoms with van der Waals surface area (Å²) in [6.07, 6.45) is 1.16. The monoisotopic (exact) mass is 236 g/mol. The molecule has 1 rings (SSSR count). The maximum absolute atomic E-state index is 11.6. The number of hydrogen-bond acceptors (Lipinski definition) is 3. The Kier molecular flexibility index (Phi) is 5.49. The van der Waals surface area contributed by atoms with Crippen molar-refractivity contribution >= 4 is 11.6 Å². The maximum atomic E-state index is 11.6. The first-order valence-corrected chi connectivity index (χ1v) is 5.74. The van der Waals surface area contributed by atoms with Gasteiger partial charge >= 0.3 is 0 Å². The number of anilines is 1. The van der Waals surface area contributed by atoms with Crippen LogP contribution in [0.25, 0.3) is 0 Å². The average Bonchev–Trinajstić information content (AvgIpc) is 2.28. The van der Waals surface area contributed by atoms with Crippen molar-refractivity contribution in [2.75, 3.05) is 26.0 Å². The van der Waals surface area contributed by atoms with E-state index in [2.05, 4.69) is 5.32 Å². The van der Waals surface area contributed by atoms with Gasteiger partial charge in [0, 0.05) is 25.9 Å². The van der Waals surface area contributed by atoms with Crippen molar-refractivity contribution in [2.45, 2.75) is 19.8 Å². The van der Waals surface area contributed by atoms with Crippen molar-refractivity contribution in [3.05, 3.63) is 29.3 Å². The molecule has 4 nitrogen and oxygen atoms in total. The van der Waals surface area contributed by atoms with Gasteiger partial charge < -0.3 is 15.8 Å². The van der Waals surface area contributed by atoms with Gasteiger partial charge in [-0.25, -0.2) is 0 Å². The van der Waals surface area contributed by atoms with Crippen LogP contribution in [0.1, 0.15) is 17.5 Å². The van der Waals surface area contributed by atoms with Crippen LogP contribution in [0.3, 0.4) is 0 Å². The lowest BCUT2D eigenvalue weighted by Crippen LogP contribution is -2.27. The van der Waals surface area contributed by atoms with Gasteiger partial charge in [0.25, 0.3) is 0 Å². The summed E-state index contributed by atoms with van der Waals surface area (Å²) < 4.78 is 4.90. The van der Waals surface area contributed by atoms with E-state index in [4.69, 9.17) is 10.5 Å². The molecule has 3 N–H and O–H groups in total. The summed E-state index contributed by atoms with van der Waals surface area (Å²) in [5.74, 6) is -0.00310. The Morgan fingerprint density at radius 3 is 2.88 bits per heavy atom. The minimum Gasteiger partial charge on any atom is -0.398 e. The quantitative estimate of drug-likeness (QED) is 0.577. The average molecular weight is 236 g/mol. The molecular formula is C13H20N2O2. The Bertz CT molecular complexity index is 378. The molecule has 0 aliphatic heterocycles. The molecule has 0 bridgehead atoms. The molecule has 0 atom stereocenters. The van der Waals surface area contributed by atoms with Gasteiger partial charge in [0.1, 0.15) is 0 Å². The highest BCUT2D eigenvalue weighted by Gasteiger charge is 2.05. The van der Waals surface area contributed by atoms with Crippen LogP contribution < -0.4 is 11.1 Å². The minimum absolute atomic E-state index is 0.00310. The third kappa shape index (κ3) is 4.87. The molecule has 0 saturated carbocycles. The highest BCUT2D eigenvalue weighted by molar-refractivity contribution is 5.80. The Balaban J connectivity index is 2.40. The van der Waals surface area contributed by atoms with E-state index in [1.807, 2.05) is 25.1 Å². The van der Waals surface area contributed by atoms with E-state index >= 15 is 0 Å². The Hall–Kier alpha value is -1.55. The molecule has 17 heavy (non-hydrogen) atoms. The number of rotatable bonds is 6. The van der Waals surface area contributed by atoms with Crippen molar-refractivity contribution in [3.8, 4) is 0 Å². The topological polar surface area (TPSA) is 64.3 Å². The first-order valence-electron chi connectivity index (χ1n) is 5.74. The third-order valence-electron chi connectivity index (χ3n) is 2.50. The largest absolute Gasteiger partial charge is 0.398 e. The van der Waals surface area contributed by atoms with Crippen molar-refractivity contribution in [1.29, 1.82) is 0 Å². The smallest absolute Gasteiger partial charge is 0.224 e. The Morgan fingerprint density at radius 2 is 2.24 bits per heavy atom. The molecule has 0 spiro atoms. The maximum Gasteiger partial charge on any atom is 0.224 e. The van der Waals surface area contributed by atoms with E-state index < -0.39 is 0 Å². The van der Waals surface area contributed by atoms with Gasteiger partial charge in [-0.1, -0.05) is 12.1 Å². The summed E-state index contributed by atoms with van der Waals surface area (Å²) in [4.78, 5) is 11.6. The molecule has 0 aliphatic rings. The number of carbonyl (C=O) groups excluding carboxylic acids is 1. The lowest BCUT2D eigenvalue weighted by atomic mass is 10.1. The van der Waals surface area contributed by atoms with E-state index in [0.717, 1.165) is 17.5 Å². The fourth-order valence-corrected chi connectivity index (χ4v) is 1.56. The summed E-state index contributed by atoms with van der Waals surface area (Å²) in [5, 5.41) is 2.83. The predicted molar refractivity (Wildman–Crippen MR) is 68.8 cm³/mol. The number of nitrogen functional groups attached to an aromatic ring is 1. The van der Waals surface area contributed by atoms with Crippen LogP contribution in [0.2, 0.25) is 0 Å². The second kappa shape index (κ2) is 6.91. The molecule has 0 radical (unpaired) electrons. The first-order chi connectivity index (χ1) is 8.13. The van der Waals surface area contributed by atoms with Gasteiger partial charge in [-0.2, -0.15) is 0 Å². The molecule has 0 heterocycles. The molecule has 0 aliphatic carbocycles. The van der Waals surface area contributed by atoms with E-state index in [1.165, 1.54) is 0 Å². The number of methoxy groups -OCH3 is 1. The van der Waals surface area contributed by atoms with Crippen molar-refractivity contribution in [1.82, 2.24) is 5.32 Å². The number of aryl methyl sites for hydroxylation is 1. The summed E-state index contributed by atoms with van der Waals surface area (Å²) >= 11 is 0. The molecule has 0 unspecified atom stereocenters. The van der Waals surface area contributed by atoms with E-state index in [0.29, 0.717) is 25.3 Å². The second-order valence-electron chi connectivity index (χ2n) is 4.08. The second-order valence-corrected chi connectivity index (χ2v) is 4.08. The number of ether oxygens (including phenoxy) is 1. The van der Waals surface area contributed by atoms with Crippen LogP contribution in [0, 0.1) is 6.92 Å². The van der Waals surface area contributed by atoms with Crippen molar-refractivity contribution in [3.63, 3.8) is 0 Å². The third-order valence-corrected chi connectivity index (χ3v) is 2.50. The van der Waals surface area contributed by atoms with Crippen LogP contribution >= 0.6 is 0 Å². The van der Waals surface area contributed by atoms with E-state index in [-0.39, 0.29) is 5.91 Å². The zero-order valence-electron chi connectivity index (χ0n) is 10.5. The molecule has 1 amide bonds. The predicted octanol–water partition coefficient (Wildman–Crippen LogP) is 1.27. The number of amides is 1. The van der Waals surface area contributed by atoms with Crippen LogP contribution in [0.4, 0.5) is 5.69 Å². The molecule has 1 aromatic rings. The summed E-state index contributed by atoms with van der Waals surface area (Å²) in [7, 11) is 1.65. The van der Waals surface area contributed by atoms with E-state index in [1.54, 1.807) is 7.11 Å². The van der Waals surface area contributed by atoms with Gasteiger partial charge in [-0.3, -0.25) is 4.79 Å². The zero-order chi connectivity index (χ0) is 12.7. The van der Waals surface area contributed by atoms with Gasteiger partial charge in [0.05, 0.1) is 6.42 Å². The first kappa shape index (κ1) is 13.5. The van der Waals surface area contributed by atoms with Crippen molar-refractivity contribution in [2.24, 2.45) is 0 Å². The summed E-state index contributed by atoms with van der Waals surface area (Å²) in [6.45, 7) is 3.27. The molecule has 0 fully saturated rings. The summed E-state index contributed by atoms with van der Waals surface area (Å²) in [5.41, 5.74) is 8.50. The number of benzene rings is 1.